The van der Waals surface area contributed by atoms with Gasteiger partial charge in [0.25, 0.3) is 0 Å². The third kappa shape index (κ3) is 2.17. The fourth-order valence-corrected chi connectivity index (χ4v) is 2.02. The van der Waals surface area contributed by atoms with Crippen molar-refractivity contribution in [1.29, 1.82) is 0 Å². The molecule has 0 bridgehead atoms. The number of amides is 2. The van der Waals surface area contributed by atoms with Crippen molar-refractivity contribution >= 4 is 28.3 Å². The third-order valence-corrected chi connectivity index (χ3v) is 3.26. The highest BCUT2D eigenvalue weighted by Gasteiger charge is 2.39. The second-order valence-corrected chi connectivity index (χ2v) is 5.70. The summed E-state index contributed by atoms with van der Waals surface area (Å²) >= 11 is 0. The number of quaternary nitrogens is 1. The molecule has 96 valence electrons. The molecule has 0 saturated heterocycles. The summed E-state index contributed by atoms with van der Waals surface area (Å²) in [7, 11) is -3.42. The molecule has 9 heteroatoms. The van der Waals surface area contributed by atoms with Gasteiger partial charge in [-0.3, -0.25) is 0 Å². The fraction of sp³-hybridized carbons (Fsp3) is 0.222. The van der Waals surface area contributed by atoms with E-state index in [0.29, 0.717) is 0 Å². The van der Waals surface area contributed by atoms with E-state index in [2.05, 4.69) is 10.2 Å². The van der Waals surface area contributed by atoms with Crippen molar-refractivity contribution < 1.29 is 22.3 Å². The number of primary amides is 1. The Kier molecular flexibility index (Phi) is 2.79. The van der Waals surface area contributed by atoms with Crippen molar-refractivity contribution in [2.24, 2.45) is 15.9 Å². The van der Waals surface area contributed by atoms with E-state index in [9.17, 15) is 13.2 Å². The van der Waals surface area contributed by atoms with Crippen LogP contribution in [-0.2, 0) is 16.4 Å². The van der Waals surface area contributed by atoms with Gasteiger partial charge < -0.3 is 10.2 Å². The van der Waals surface area contributed by atoms with Gasteiger partial charge in [-0.25, -0.2) is 13.2 Å². The van der Waals surface area contributed by atoms with E-state index in [0.717, 1.165) is 6.26 Å². The van der Waals surface area contributed by atoms with Gasteiger partial charge in [-0.05, 0) is 22.3 Å². The van der Waals surface area contributed by atoms with E-state index in [1.54, 1.807) is 0 Å². The Bertz CT molecular complexity index is 631. The Hall–Kier alpha value is -2.00. The standard InChI is InChI=1S/C9H10N4O4S/c1-18(15,16)8-3-2-7(17-8)6-13(9(10)14)11-4-5-12-13/h2-5H,6H2,1H3,(H-,10,14)/p+1. The van der Waals surface area contributed by atoms with Crippen molar-refractivity contribution in [1.82, 2.24) is 0 Å². The number of sulfone groups is 1. The zero-order valence-electron chi connectivity index (χ0n) is 9.48. The van der Waals surface area contributed by atoms with Gasteiger partial charge in [-0.15, -0.1) is 0 Å². The first-order valence-corrected chi connectivity index (χ1v) is 6.79. The minimum absolute atomic E-state index is 0.0716. The summed E-state index contributed by atoms with van der Waals surface area (Å²) in [4.78, 5) is 11.3. The van der Waals surface area contributed by atoms with Crippen LogP contribution in [0, 0.1) is 0 Å². The summed E-state index contributed by atoms with van der Waals surface area (Å²) in [6.07, 6.45) is 3.70. The van der Waals surface area contributed by atoms with Crippen LogP contribution in [0.5, 0.6) is 0 Å². The number of hydrogen-bond acceptors (Lipinski definition) is 6. The Balaban J connectivity index is 2.30. The molecule has 0 aliphatic carbocycles. The van der Waals surface area contributed by atoms with E-state index in [4.69, 9.17) is 10.2 Å². The molecule has 0 atom stereocenters. The number of rotatable bonds is 3. The number of carbonyl (C=O) groups is 1. The van der Waals surface area contributed by atoms with Crippen molar-refractivity contribution in [3.63, 3.8) is 0 Å². The second-order valence-electron chi connectivity index (χ2n) is 3.75. The molecule has 2 amide bonds. The van der Waals surface area contributed by atoms with Crippen molar-refractivity contribution in [2.45, 2.75) is 11.6 Å². The summed E-state index contributed by atoms with van der Waals surface area (Å²) in [6, 6.07) is 1.98. The van der Waals surface area contributed by atoms with E-state index in [1.165, 1.54) is 24.6 Å². The van der Waals surface area contributed by atoms with E-state index in [1.807, 2.05) is 0 Å². The first-order valence-electron chi connectivity index (χ1n) is 4.90. The molecule has 1 aliphatic heterocycles. The van der Waals surface area contributed by atoms with Gasteiger partial charge in [0.15, 0.2) is 12.3 Å². The monoisotopic (exact) mass is 271 g/mol. The molecular formula is C9H11N4O4S+. The largest absolute Gasteiger partial charge is 0.468 e. The van der Waals surface area contributed by atoms with Crippen molar-refractivity contribution in [2.75, 3.05) is 6.26 Å². The van der Waals surface area contributed by atoms with Gasteiger partial charge in [0.1, 0.15) is 12.4 Å². The topological polar surface area (TPSA) is 115 Å². The number of nitrogens with two attached hydrogens (primary N) is 1. The smallest absolute Gasteiger partial charge is 0.443 e. The molecule has 2 heterocycles. The SMILES string of the molecule is CS(=O)(=O)c1ccc(C[N+]2(C(N)=O)N=CC=N2)o1. The van der Waals surface area contributed by atoms with Crippen LogP contribution in [0.3, 0.4) is 0 Å². The quantitative estimate of drug-likeness (QED) is 0.783. The first-order chi connectivity index (χ1) is 8.33. The third-order valence-electron chi connectivity index (χ3n) is 2.31. The minimum atomic E-state index is -3.42. The molecule has 1 aromatic rings. The van der Waals surface area contributed by atoms with Gasteiger partial charge >= 0.3 is 6.03 Å². The molecule has 0 radical (unpaired) electrons. The van der Waals surface area contributed by atoms with Crippen LogP contribution in [0.2, 0.25) is 0 Å². The Morgan fingerprint density at radius 2 is 2.00 bits per heavy atom. The minimum Gasteiger partial charge on any atom is -0.443 e. The Labute approximate surface area is 103 Å². The summed E-state index contributed by atoms with van der Waals surface area (Å²) < 4.78 is 26.9. The van der Waals surface area contributed by atoms with Gasteiger partial charge in [-0.1, -0.05) is 0 Å². The lowest BCUT2D eigenvalue weighted by Crippen LogP contribution is -2.44. The fourth-order valence-electron chi connectivity index (χ4n) is 1.44. The maximum atomic E-state index is 11.3. The predicted molar refractivity (Wildman–Crippen MR) is 62.3 cm³/mol. The molecule has 2 rings (SSSR count). The lowest BCUT2D eigenvalue weighted by molar-refractivity contribution is -0.874. The second kappa shape index (κ2) is 4.03. The predicted octanol–water partition coefficient (Wildman–Crippen LogP) is 0.0638. The molecule has 18 heavy (non-hydrogen) atoms. The van der Waals surface area contributed by atoms with Crippen LogP contribution in [0.4, 0.5) is 4.79 Å². The highest BCUT2D eigenvalue weighted by molar-refractivity contribution is 7.90. The van der Waals surface area contributed by atoms with Crippen molar-refractivity contribution in [3.8, 4) is 0 Å². The van der Waals surface area contributed by atoms with E-state index < -0.39 is 20.6 Å². The van der Waals surface area contributed by atoms with Gasteiger partial charge in [0.2, 0.25) is 14.9 Å². The number of urea groups is 1. The molecule has 0 saturated carbocycles. The maximum Gasteiger partial charge on any atom is 0.468 e. The first kappa shape index (κ1) is 12.5. The molecule has 0 aromatic carbocycles. The van der Waals surface area contributed by atoms with Crippen LogP contribution in [0.1, 0.15) is 5.76 Å². The Morgan fingerprint density at radius 1 is 1.39 bits per heavy atom. The van der Waals surface area contributed by atoms with Crippen molar-refractivity contribution in [3.05, 3.63) is 17.9 Å². The molecule has 1 aliphatic rings. The Morgan fingerprint density at radius 3 is 2.44 bits per heavy atom. The van der Waals surface area contributed by atoms with Gasteiger partial charge in [0, 0.05) is 11.0 Å². The number of hydrogen-bond donors (Lipinski definition) is 1. The lowest BCUT2D eigenvalue weighted by atomic mass is 10.4. The van der Waals surface area contributed by atoms with Crippen LogP contribution >= 0.6 is 0 Å². The molecule has 1 aromatic heterocycles. The highest BCUT2D eigenvalue weighted by atomic mass is 32.2. The van der Waals surface area contributed by atoms with Crippen LogP contribution in [-0.4, -0.2) is 37.8 Å². The van der Waals surface area contributed by atoms with E-state index in [-0.39, 0.29) is 17.4 Å². The summed E-state index contributed by atoms with van der Waals surface area (Å²) in [6.45, 7) is -0.0716. The summed E-state index contributed by atoms with van der Waals surface area (Å²) in [5.74, 6) is 0.255. The lowest BCUT2D eigenvalue weighted by Gasteiger charge is -2.15. The average Bonchev–Trinajstić information content (AvgIpc) is 2.86. The number of furan rings is 1. The highest BCUT2D eigenvalue weighted by Crippen LogP contribution is 2.21. The van der Waals surface area contributed by atoms with E-state index >= 15 is 0 Å². The van der Waals surface area contributed by atoms with Crippen LogP contribution in [0.25, 0.3) is 0 Å². The number of carbonyl (C=O) groups excluding carboxylic acids is 1. The molecule has 0 fully saturated rings. The van der Waals surface area contributed by atoms with Gasteiger partial charge in [-0.2, -0.15) is 0 Å². The molecule has 0 spiro atoms. The molecule has 2 N–H and O–H groups in total. The van der Waals surface area contributed by atoms with Gasteiger partial charge in [0.05, 0.1) is 0 Å². The summed E-state index contributed by atoms with van der Waals surface area (Å²) in [5.41, 5.74) is 5.22. The van der Waals surface area contributed by atoms with Crippen LogP contribution in [0.15, 0.2) is 31.8 Å². The normalized spacial score (nSPS) is 17.2. The molecule has 8 nitrogen and oxygen atoms in total. The summed E-state index contributed by atoms with van der Waals surface area (Å²) in [5, 5.41) is 7.51. The maximum absolute atomic E-state index is 11.3. The number of nitrogens with zero attached hydrogens (tertiary/aromatic N) is 3. The zero-order valence-corrected chi connectivity index (χ0v) is 10.3. The molecule has 0 unspecified atom stereocenters. The zero-order chi connectivity index (χ0) is 13.4. The average molecular weight is 271 g/mol. The van der Waals surface area contributed by atoms with Crippen LogP contribution < -0.4 is 5.73 Å². The molecular weight excluding hydrogens is 260 g/mol.